The fourth-order valence-electron chi connectivity index (χ4n) is 5.99. The smallest absolute Gasteiger partial charge is 0.226 e. The third kappa shape index (κ3) is 4.77. The lowest BCUT2D eigenvalue weighted by Gasteiger charge is -2.29. The van der Waals surface area contributed by atoms with Crippen LogP contribution in [0.3, 0.4) is 0 Å². The molecule has 0 bridgehead atoms. The van der Waals surface area contributed by atoms with Gasteiger partial charge in [-0.2, -0.15) is 0 Å². The molecule has 7 heteroatoms. The molecule has 2 aliphatic rings. The molecule has 5 rings (SSSR count). The monoisotopic (exact) mass is 515 g/mol. The summed E-state index contributed by atoms with van der Waals surface area (Å²) in [5.74, 6) is -0.0604. The Labute approximate surface area is 225 Å². The highest BCUT2D eigenvalue weighted by Crippen LogP contribution is 2.45. The molecule has 1 aliphatic carbocycles. The topological polar surface area (TPSA) is 62.2 Å². The minimum atomic E-state index is -0.0770. The van der Waals surface area contributed by atoms with Crippen molar-refractivity contribution in [1.82, 2.24) is 14.9 Å². The number of aromatic nitrogens is 2. The second-order valence-corrected chi connectivity index (χ2v) is 11.2. The first-order chi connectivity index (χ1) is 17.8. The molecule has 0 radical (unpaired) electrons. The molecule has 3 aromatic rings. The number of aryl methyl sites for hydroxylation is 2. The lowest BCUT2D eigenvalue weighted by atomic mass is 9.96. The van der Waals surface area contributed by atoms with Gasteiger partial charge >= 0.3 is 0 Å². The first-order valence-corrected chi connectivity index (χ1v) is 13.8. The van der Waals surface area contributed by atoms with E-state index < -0.39 is 0 Å². The van der Waals surface area contributed by atoms with Crippen molar-refractivity contribution in [2.24, 2.45) is 5.92 Å². The minimum Gasteiger partial charge on any atom is -0.351 e. The number of pyridine rings is 1. The fourth-order valence-corrected chi connectivity index (χ4v) is 6.34. The molecule has 1 aromatic carbocycles. The average molecular weight is 516 g/mol. The van der Waals surface area contributed by atoms with Crippen LogP contribution in [0, 0.1) is 26.7 Å². The molecule has 194 valence electrons. The van der Waals surface area contributed by atoms with E-state index in [0.717, 1.165) is 22.6 Å². The number of amides is 1. The van der Waals surface area contributed by atoms with Crippen LogP contribution in [0.4, 0.5) is 11.4 Å². The second-order valence-electron chi connectivity index (χ2n) is 10.8. The van der Waals surface area contributed by atoms with Gasteiger partial charge in [-0.15, -0.1) is 0 Å². The molecule has 0 spiro atoms. The number of nitrogens with one attached hydrogen (secondary N) is 2. The van der Waals surface area contributed by atoms with Crippen LogP contribution in [0.15, 0.2) is 48.7 Å². The number of hydrogen-bond donors (Lipinski definition) is 2. The fraction of sp³-hybridized carbons (Fsp3) is 0.433. The molecule has 1 saturated heterocycles. The minimum absolute atomic E-state index is 0.0154. The van der Waals surface area contributed by atoms with Gasteiger partial charge in [-0.05, 0) is 93.4 Å². The van der Waals surface area contributed by atoms with E-state index >= 15 is 0 Å². The molecular formula is C30H37N5OS. The summed E-state index contributed by atoms with van der Waals surface area (Å²) in [6, 6.07) is 15.0. The Bertz CT molecular complexity index is 1310. The van der Waals surface area contributed by atoms with Crippen LogP contribution in [-0.4, -0.2) is 20.6 Å². The van der Waals surface area contributed by atoms with Crippen molar-refractivity contribution in [3.8, 4) is 0 Å². The van der Waals surface area contributed by atoms with Crippen LogP contribution >= 0.6 is 12.2 Å². The summed E-state index contributed by atoms with van der Waals surface area (Å²) in [6.07, 6.45) is 6.93. The molecule has 3 heterocycles. The zero-order valence-electron chi connectivity index (χ0n) is 22.4. The SMILES string of the molecule is Cc1cc(N2C(=S)NC(c3ccccn3)C2c2cc(C)n(C3CCCC3)c2C)ccc1NC(=O)C(C)C. The average Bonchev–Trinajstić information content (AvgIpc) is 3.58. The highest BCUT2D eigenvalue weighted by molar-refractivity contribution is 7.80. The summed E-state index contributed by atoms with van der Waals surface area (Å²) < 4.78 is 2.55. The third-order valence-corrected chi connectivity index (χ3v) is 8.22. The van der Waals surface area contributed by atoms with Crippen LogP contribution < -0.4 is 15.5 Å². The summed E-state index contributed by atoms with van der Waals surface area (Å²) in [5.41, 5.74) is 7.71. The Morgan fingerprint density at radius 1 is 1.11 bits per heavy atom. The predicted molar refractivity (Wildman–Crippen MR) is 154 cm³/mol. The predicted octanol–water partition coefficient (Wildman–Crippen LogP) is 6.70. The van der Waals surface area contributed by atoms with Gasteiger partial charge in [-0.25, -0.2) is 0 Å². The van der Waals surface area contributed by atoms with E-state index in [2.05, 4.69) is 58.2 Å². The van der Waals surface area contributed by atoms with Crippen molar-refractivity contribution in [1.29, 1.82) is 0 Å². The normalized spacial score (nSPS) is 20.1. The van der Waals surface area contributed by atoms with Crippen LogP contribution in [-0.2, 0) is 4.79 Å². The van der Waals surface area contributed by atoms with Crippen molar-refractivity contribution in [2.75, 3.05) is 10.2 Å². The number of carbonyl (C=O) groups is 1. The maximum Gasteiger partial charge on any atom is 0.226 e. The van der Waals surface area contributed by atoms with Gasteiger partial charge in [0, 0.05) is 40.9 Å². The lowest BCUT2D eigenvalue weighted by Crippen LogP contribution is -2.29. The van der Waals surface area contributed by atoms with Crippen LogP contribution in [0.2, 0.25) is 0 Å². The molecule has 1 saturated carbocycles. The second kappa shape index (κ2) is 10.3. The van der Waals surface area contributed by atoms with Crippen LogP contribution in [0.25, 0.3) is 0 Å². The number of carbonyl (C=O) groups excluding carboxylic acids is 1. The number of thiocarbonyl (C=S) groups is 1. The van der Waals surface area contributed by atoms with Gasteiger partial charge in [0.2, 0.25) is 5.91 Å². The van der Waals surface area contributed by atoms with Crippen LogP contribution in [0.5, 0.6) is 0 Å². The van der Waals surface area contributed by atoms with Gasteiger partial charge in [-0.1, -0.05) is 32.8 Å². The molecule has 2 aromatic heterocycles. The summed E-state index contributed by atoms with van der Waals surface area (Å²) in [5, 5.41) is 7.32. The van der Waals surface area contributed by atoms with Crippen LogP contribution in [0.1, 0.15) is 85.9 Å². The van der Waals surface area contributed by atoms with E-state index in [1.807, 2.05) is 45.2 Å². The quantitative estimate of drug-likeness (QED) is 0.358. The first-order valence-electron chi connectivity index (χ1n) is 13.4. The van der Waals surface area contributed by atoms with Gasteiger partial charge < -0.3 is 20.1 Å². The lowest BCUT2D eigenvalue weighted by molar-refractivity contribution is -0.118. The van der Waals surface area contributed by atoms with Crippen molar-refractivity contribution in [3.63, 3.8) is 0 Å². The Morgan fingerprint density at radius 2 is 1.86 bits per heavy atom. The van der Waals surface area contributed by atoms with Crippen molar-refractivity contribution >= 4 is 34.6 Å². The van der Waals surface area contributed by atoms with Crippen molar-refractivity contribution in [3.05, 3.63) is 76.9 Å². The van der Waals surface area contributed by atoms with E-state index in [9.17, 15) is 4.79 Å². The van der Waals surface area contributed by atoms with E-state index in [-0.39, 0.29) is 23.9 Å². The van der Waals surface area contributed by atoms with E-state index in [1.54, 1.807) is 0 Å². The van der Waals surface area contributed by atoms with Gasteiger partial charge in [0.25, 0.3) is 0 Å². The molecule has 2 atom stereocenters. The maximum absolute atomic E-state index is 12.3. The maximum atomic E-state index is 12.3. The molecule has 37 heavy (non-hydrogen) atoms. The van der Waals surface area contributed by atoms with E-state index in [4.69, 9.17) is 17.2 Å². The van der Waals surface area contributed by atoms with Crippen molar-refractivity contribution in [2.45, 2.75) is 78.4 Å². The Kier molecular flexibility index (Phi) is 7.08. The Hall–Kier alpha value is -3.19. The summed E-state index contributed by atoms with van der Waals surface area (Å²) >= 11 is 5.96. The third-order valence-electron chi connectivity index (χ3n) is 7.90. The number of hydrogen-bond acceptors (Lipinski definition) is 3. The number of rotatable bonds is 6. The number of nitrogens with zero attached hydrogens (tertiary/aromatic N) is 3. The molecule has 1 amide bonds. The molecule has 2 unspecified atom stereocenters. The van der Waals surface area contributed by atoms with Gasteiger partial charge in [0.1, 0.15) is 0 Å². The molecule has 2 fully saturated rings. The molecule has 6 nitrogen and oxygen atoms in total. The largest absolute Gasteiger partial charge is 0.351 e. The van der Waals surface area contributed by atoms with Gasteiger partial charge in [-0.3, -0.25) is 9.78 Å². The number of anilines is 2. The molecule has 2 N–H and O–H groups in total. The highest BCUT2D eigenvalue weighted by atomic mass is 32.1. The summed E-state index contributed by atoms with van der Waals surface area (Å²) in [7, 11) is 0. The van der Waals surface area contributed by atoms with E-state index in [0.29, 0.717) is 11.2 Å². The van der Waals surface area contributed by atoms with Gasteiger partial charge in [0.15, 0.2) is 5.11 Å². The summed E-state index contributed by atoms with van der Waals surface area (Å²) in [4.78, 5) is 19.3. The van der Waals surface area contributed by atoms with Crippen molar-refractivity contribution < 1.29 is 4.79 Å². The zero-order chi connectivity index (χ0) is 26.3. The zero-order valence-corrected chi connectivity index (χ0v) is 23.2. The number of benzene rings is 1. The first kappa shape index (κ1) is 25.5. The molecule has 1 aliphatic heterocycles. The highest BCUT2D eigenvalue weighted by Gasteiger charge is 2.42. The van der Waals surface area contributed by atoms with E-state index in [1.165, 1.54) is 42.6 Å². The van der Waals surface area contributed by atoms with Gasteiger partial charge in [0.05, 0.1) is 17.8 Å². The summed E-state index contributed by atoms with van der Waals surface area (Å²) in [6.45, 7) is 10.3. The standard InChI is InChI=1S/C30H37N5OS/c1-18(2)29(36)32-25-14-13-23(16-19(25)3)35-28(27(33-30(35)37)26-12-8-9-15-31-26)24-17-20(4)34(21(24)5)22-10-6-7-11-22/h8-9,12-18,22,27-28H,6-7,10-11H2,1-5H3,(H,32,36)(H,33,37). The molecular weight excluding hydrogens is 478 g/mol. The Morgan fingerprint density at radius 3 is 2.51 bits per heavy atom. The Balaban J connectivity index is 1.58.